The fourth-order valence-corrected chi connectivity index (χ4v) is 4.65. The molecular formula is C23H20ClN3O3S. The second-order valence-corrected chi connectivity index (χ2v) is 9.20. The van der Waals surface area contributed by atoms with Crippen molar-refractivity contribution in [1.82, 2.24) is 9.71 Å². The maximum Gasteiger partial charge on any atom is 0.242 e. The first kappa shape index (κ1) is 21.1. The van der Waals surface area contributed by atoms with E-state index in [9.17, 15) is 13.2 Å². The number of fused-ring (bicyclic) bond motifs is 1. The number of rotatable bonds is 7. The molecule has 4 aromatic rings. The van der Waals surface area contributed by atoms with E-state index in [1.54, 1.807) is 30.5 Å². The Balaban J connectivity index is 1.64. The number of amides is 1. The molecule has 0 unspecified atom stereocenters. The maximum atomic E-state index is 13.1. The highest BCUT2D eigenvalue weighted by molar-refractivity contribution is 7.89. The number of halogens is 1. The van der Waals surface area contributed by atoms with Crippen molar-refractivity contribution >= 4 is 44.1 Å². The van der Waals surface area contributed by atoms with Gasteiger partial charge in [0.25, 0.3) is 0 Å². The predicted octanol–water partition coefficient (Wildman–Crippen LogP) is 4.35. The molecule has 3 aromatic carbocycles. The molecule has 0 bridgehead atoms. The number of para-hydroxylation sites is 2. The van der Waals surface area contributed by atoms with Gasteiger partial charge in [-0.25, -0.2) is 8.42 Å². The van der Waals surface area contributed by atoms with Gasteiger partial charge in [-0.05, 0) is 54.4 Å². The Labute approximate surface area is 185 Å². The second-order valence-electron chi connectivity index (χ2n) is 7.05. The van der Waals surface area contributed by atoms with Gasteiger partial charge < -0.3 is 10.3 Å². The summed E-state index contributed by atoms with van der Waals surface area (Å²) < 4.78 is 28.5. The van der Waals surface area contributed by atoms with Gasteiger partial charge in [-0.1, -0.05) is 48.0 Å². The average Bonchev–Trinajstić information content (AvgIpc) is 3.17. The number of sulfonamides is 1. The molecule has 31 heavy (non-hydrogen) atoms. The standard InChI is InChI=1S/C23H20ClN3O3S/c24-17-10-12-19(13-11-17)31(29,30)27-22(23(28)26-18-6-2-1-3-7-18)14-16-15-25-21-9-5-4-8-20(16)21/h1-13,15,22,25,27H,14H2,(H,26,28)/t22-/m1/s1. The van der Waals surface area contributed by atoms with E-state index in [2.05, 4.69) is 15.0 Å². The number of anilines is 1. The number of benzene rings is 3. The Hall–Kier alpha value is -3.13. The first-order chi connectivity index (χ1) is 14.9. The summed E-state index contributed by atoms with van der Waals surface area (Å²) in [4.78, 5) is 16.3. The zero-order valence-electron chi connectivity index (χ0n) is 16.4. The van der Waals surface area contributed by atoms with E-state index >= 15 is 0 Å². The minimum absolute atomic E-state index is 0.0355. The van der Waals surface area contributed by atoms with Crippen molar-refractivity contribution in [2.75, 3.05) is 5.32 Å². The van der Waals surface area contributed by atoms with E-state index in [1.165, 1.54) is 24.3 Å². The molecule has 0 saturated heterocycles. The van der Waals surface area contributed by atoms with Crippen LogP contribution in [0.4, 0.5) is 5.69 Å². The van der Waals surface area contributed by atoms with E-state index < -0.39 is 22.0 Å². The van der Waals surface area contributed by atoms with E-state index in [4.69, 9.17) is 11.6 Å². The lowest BCUT2D eigenvalue weighted by Gasteiger charge is -2.18. The number of aromatic nitrogens is 1. The number of H-pyrrole nitrogens is 1. The smallest absolute Gasteiger partial charge is 0.242 e. The summed E-state index contributed by atoms with van der Waals surface area (Å²) >= 11 is 5.88. The summed E-state index contributed by atoms with van der Waals surface area (Å²) in [5.41, 5.74) is 2.34. The quantitative estimate of drug-likeness (QED) is 0.388. The summed E-state index contributed by atoms with van der Waals surface area (Å²) in [6.07, 6.45) is 1.97. The van der Waals surface area contributed by atoms with Gasteiger partial charge in [-0.15, -0.1) is 0 Å². The van der Waals surface area contributed by atoms with Crippen molar-refractivity contribution in [3.8, 4) is 0 Å². The molecule has 0 fully saturated rings. The van der Waals surface area contributed by atoms with Crippen LogP contribution in [0.3, 0.4) is 0 Å². The third-order valence-corrected chi connectivity index (χ3v) is 6.62. The zero-order chi connectivity index (χ0) is 21.8. The Kier molecular flexibility index (Phi) is 6.08. The predicted molar refractivity (Wildman–Crippen MR) is 123 cm³/mol. The van der Waals surface area contributed by atoms with Crippen molar-refractivity contribution in [3.63, 3.8) is 0 Å². The molecule has 1 aromatic heterocycles. The molecule has 0 aliphatic heterocycles. The Morgan fingerprint density at radius 2 is 1.61 bits per heavy atom. The molecule has 4 rings (SSSR count). The highest BCUT2D eigenvalue weighted by atomic mass is 35.5. The summed E-state index contributed by atoms with van der Waals surface area (Å²) in [5.74, 6) is -0.450. The number of aromatic amines is 1. The SMILES string of the molecule is O=C(Nc1ccccc1)[C@@H](Cc1c[nH]c2ccccc12)NS(=O)(=O)c1ccc(Cl)cc1. The Morgan fingerprint density at radius 1 is 0.935 bits per heavy atom. The molecule has 6 nitrogen and oxygen atoms in total. The highest BCUT2D eigenvalue weighted by Crippen LogP contribution is 2.21. The van der Waals surface area contributed by atoms with E-state index in [0.29, 0.717) is 10.7 Å². The van der Waals surface area contributed by atoms with Crippen LogP contribution in [-0.2, 0) is 21.2 Å². The van der Waals surface area contributed by atoms with Crippen LogP contribution in [0.25, 0.3) is 10.9 Å². The molecular weight excluding hydrogens is 434 g/mol. The van der Waals surface area contributed by atoms with Crippen LogP contribution in [0.1, 0.15) is 5.56 Å². The van der Waals surface area contributed by atoms with Crippen molar-refractivity contribution in [3.05, 3.63) is 95.6 Å². The summed E-state index contributed by atoms with van der Waals surface area (Å²) in [6, 6.07) is 21.4. The first-order valence-electron chi connectivity index (χ1n) is 9.61. The number of hydrogen-bond acceptors (Lipinski definition) is 3. The maximum absolute atomic E-state index is 13.1. The molecule has 0 aliphatic carbocycles. The summed E-state index contributed by atoms with van der Waals surface area (Å²) in [5, 5.41) is 4.15. The molecule has 8 heteroatoms. The van der Waals surface area contributed by atoms with Crippen LogP contribution < -0.4 is 10.0 Å². The largest absolute Gasteiger partial charge is 0.361 e. The number of nitrogens with one attached hydrogen (secondary N) is 3. The average molecular weight is 454 g/mol. The Bertz CT molecular complexity index is 1300. The topological polar surface area (TPSA) is 91.1 Å². The molecule has 0 spiro atoms. The minimum Gasteiger partial charge on any atom is -0.361 e. The molecule has 3 N–H and O–H groups in total. The second kappa shape index (κ2) is 8.93. The zero-order valence-corrected chi connectivity index (χ0v) is 18.0. The molecule has 1 heterocycles. The number of carbonyl (C=O) groups is 1. The lowest BCUT2D eigenvalue weighted by Crippen LogP contribution is -2.45. The minimum atomic E-state index is -3.95. The van der Waals surface area contributed by atoms with Crippen LogP contribution >= 0.6 is 11.6 Å². The van der Waals surface area contributed by atoms with Gasteiger partial charge in [0.2, 0.25) is 15.9 Å². The monoisotopic (exact) mass is 453 g/mol. The van der Waals surface area contributed by atoms with E-state index in [0.717, 1.165) is 16.5 Å². The van der Waals surface area contributed by atoms with E-state index in [1.807, 2.05) is 30.3 Å². The normalized spacial score (nSPS) is 12.5. The van der Waals surface area contributed by atoms with Crippen molar-refractivity contribution in [2.45, 2.75) is 17.4 Å². The van der Waals surface area contributed by atoms with Crippen LogP contribution in [0, 0.1) is 0 Å². The molecule has 1 amide bonds. The van der Waals surface area contributed by atoms with E-state index in [-0.39, 0.29) is 11.3 Å². The van der Waals surface area contributed by atoms with Crippen LogP contribution in [0.15, 0.2) is 90.0 Å². The molecule has 0 radical (unpaired) electrons. The third kappa shape index (κ3) is 4.96. The van der Waals surface area contributed by atoms with Gasteiger partial charge in [0.1, 0.15) is 6.04 Å². The van der Waals surface area contributed by atoms with Crippen molar-refractivity contribution in [1.29, 1.82) is 0 Å². The molecule has 0 aliphatic rings. The van der Waals surface area contributed by atoms with Gasteiger partial charge in [0.15, 0.2) is 0 Å². The summed E-state index contributed by atoms with van der Waals surface area (Å²) in [7, 11) is -3.95. The molecule has 1 atom stereocenters. The van der Waals surface area contributed by atoms with Gasteiger partial charge in [-0.2, -0.15) is 4.72 Å². The highest BCUT2D eigenvalue weighted by Gasteiger charge is 2.27. The van der Waals surface area contributed by atoms with Crippen molar-refractivity contribution in [2.24, 2.45) is 0 Å². The lowest BCUT2D eigenvalue weighted by molar-refractivity contribution is -0.117. The molecule has 158 valence electrons. The van der Waals surface area contributed by atoms with Crippen LogP contribution in [0.2, 0.25) is 5.02 Å². The fraction of sp³-hybridized carbons (Fsp3) is 0.0870. The third-order valence-electron chi connectivity index (χ3n) is 4.88. The van der Waals surface area contributed by atoms with Gasteiger partial charge in [-0.3, -0.25) is 4.79 Å². The fourth-order valence-electron chi connectivity index (χ4n) is 3.33. The van der Waals surface area contributed by atoms with Crippen LogP contribution in [0.5, 0.6) is 0 Å². The van der Waals surface area contributed by atoms with Crippen LogP contribution in [-0.4, -0.2) is 25.4 Å². The lowest BCUT2D eigenvalue weighted by atomic mass is 10.0. The van der Waals surface area contributed by atoms with Crippen molar-refractivity contribution < 1.29 is 13.2 Å². The number of hydrogen-bond donors (Lipinski definition) is 3. The Morgan fingerprint density at radius 3 is 2.35 bits per heavy atom. The van der Waals surface area contributed by atoms with Gasteiger partial charge in [0, 0.05) is 27.8 Å². The first-order valence-corrected chi connectivity index (χ1v) is 11.5. The van der Waals surface area contributed by atoms with Gasteiger partial charge in [0.05, 0.1) is 4.90 Å². The summed E-state index contributed by atoms with van der Waals surface area (Å²) in [6.45, 7) is 0. The van der Waals surface area contributed by atoms with Gasteiger partial charge >= 0.3 is 0 Å². The molecule has 0 saturated carbocycles. The number of carbonyl (C=O) groups excluding carboxylic acids is 1.